The molecule has 3 aromatic rings. The van der Waals surface area contributed by atoms with Crippen LogP contribution in [0.4, 0.5) is 0 Å². The first-order valence-corrected chi connectivity index (χ1v) is 11.3. The molecule has 1 spiro atoms. The van der Waals surface area contributed by atoms with E-state index in [-0.39, 0.29) is 11.3 Å². The number of nitrogens with two attached hydrogens (primary N) is 1. The van der Waals surface area contributed by atoms with Gasteiger partial charge in [0.1, 0.15) is 0 Å². The Kier molecular flexibility index (Phi) is 3.97. The van der Waals surface area contributed by atoms with Gasteiger partial charge in [-0.15, -0.1) is 0 Å². The molecule has 2 aliphatic carbocycles. The third kappa shape index (κ3) is 3.06. The van der Waals surface area contributed by atoms with E-state index in [9.17, 15) is 4.79 Å². The van der Waals surface area contributed by atoms with E-state index in [1.54, 1.807) is 0 Å². The lowest BCUT2D eigenvalue weighted by Gasteiger charge is -2.23. The maximum absolute atomic E-state index is 12.7. The van der Waals surface area contributed by atoms with Crippen LogP contribution in [0.1, 0.15) is 59.4 Å². The van der Waals surface area contributed by atoms with E-state index in [1.807, 2.05) is 32.2 Å². The zero-order valence-corrected chi connectivity index (χ0v) is 18.4. The molecule has 3 heterocycles. The quantitative estimate of drug-likeness (QED) is 0.523. The molecule has 5 nitrogen and oxygen atoms in total. The van der Waals surface area contributed by atoms with Gasteiger partial charge in [-0.05, 0) is 68.9 Å². The Morgan fingerprint density at radius 3 is 2.66 bits per heavy atom. The third-order valence-corrected chi connectivity index (χ3v) is 6.91. The fourth-order valence-electron chi connectivity index (χ4n) is 4.96. The van der Waals surface area contributed by atoms with Crippen LogP contribution in [0.25, 0.3) is 22.5 Å². The topological polar surface area (TPSA) is 83.8 Å². The Hall–Kier alpha value is -3.36. The standard InChI is InChI=1S/C27H26N4O/c1-26(2,28)10-9-16-3-5-17(6-4-16)21-13-20-18(14-29-21)7-8-19-22-24(31-23(19)20)27(11-12-27)15-30-25(22)32/h3-6,13-14,31H,7-8,11-12,15,28H2,1-2H3,(H,30,32). The number of aryl methyl sites for hydroxylation is 1. The summed E-state index contributed by atoms with van der Waals surface area (Å²) in [6.45, 7) is 4.54. The third-order valence-electron chi connectivity index (χ3n) is 6.91. The molecule has 32 heavy (non-hydrogen) atoms. The average Bonchev–Trinajstić information content (AvgIpc) is 3.44. The van der Waals surface area contributed by atoms with Crippen molar-refractivity contribution in [2.45, 2.75) is 50.5 Å². The summed E-state index contributed by atoms with van der Waals surface area (Å²) < 4.78 is 0. The zero-order valence-electron chi connectivity index (χ0n) is 18.4. The fourth-order valence-corrected chi connectivity index (χ4v) is 4.96. The van der Waals surface area contributed by atoms with Crippen LogP contribution in [0.2, 0.25) is 0 Å². The minimum absolute atomic E-state index is 0.0742. The van der Waals surface area contributed by atoms with E-state index in [0.717, 1.165) is 66.0 Å². The normalized spacial score (nSPS) is 17.5. The first-order chi connectivity index (χ1) is 15.3. The SMILES string of the molecule is CC(C)(N)C#Cc1ccc(-c2cc3c(cn2)CCc2c-3[nH]c3c2C(=O)NCC32CC2)cc1. The van der Waals surface area contributed by atoms with Crippen LogP contribution in [0.15, 0.2) is 36.5 Å². The number of pyridine rings is 1. The molecule has 0 atom stereocenters. The van der Waals surface area contributed by atoms with Gasteiger partial charge in [0.25, 0.3) is 5.91 Å². The Labute approximate surface area is 187 Å². The smallest absolute Gasteiger partial charge is 0.253 e. The highest BCUT2D eigenvalue weighted by atomic mass is 16.1. The minimum atomic E-state index is -0.512. The lowest BCUT2D eigenvalue weighted by molar-refractivity contribution is 0.0936. The van der Waals surface area contributed by atoms with Crippen molar-refractivity contribution in [3.63, 3.8) is 0 Å². The molecule has 6 rings (SSSR count). The molecule has 2 aromatic heterocycles. The van der Waals surface area contributed by atoms with Gasteiger partial charge in [0, 0.05) is 40.5 Å². The first-order valence-electron chi connectivity index (χ1n) is 11.3. The number of aromatic amines is 1. The summed E-state index contributed by atoms with van der Waals surface area (Å²) in [5.41, 5.74) is 15.2. The Bertz CT molecular complexity index is 1320. The van der Waals surface area contributed by atoms with Crippen molar-refractivity contribution in [2.75, 3.05) is 6.54 Å². The largest absolute Gasteiger partial charge is 0.357 e. The maximum atomic E-state index is 12.7. The highest BCUT2D eigenvalue weighted by molar-refractivity contribution is 6.01. The van der Waals surface area contributed by atoms with Gasteiger partial charge in [-0.1, -0.05) is 24.0 Å². The summed E-state index contributed by atoms with van der Waals surface area (Å²) in [5.74, 6) is 6.27. The van der Waals surface area contributed by atoms with Crippen molar-refractivity contribution in [3.05, 3.63) is 64.5 Å². The highest BCUT2D eigenvalue weighted by Crippen LogP contribution is 2.52. The van der Waals surface area contributed by atoms with Gasteiger partial charge in [-0.2, -0.15) is 0 Å². The number of nitrogens with zero attached hydrogens (tertiary/aromatic N) is 1. The number of nitrogens with one attached hydrogen (secondary N) is 2. The highest BCUT2D eigenvalue weighted by Gasteiger charge is 2.51. The van der Waals surface area contributed by atoms with Gasteiger partial charge < -0.3 is 16.0 Å². The summed E-state index contributed by atoms with van der Waals surface area (Å²) in [7, 11) is 0. The van der Waals surface area contributed by atoms with Gasteiger partial charge >= 0.3 is 0 Å². The predicted molar refractivity (Wildman–Crippen MR) is 125 cm³/mol. The Morgan fingerprint density at radius 1 is 1.16 bits per heavy atom. The average molecular weight is 423 g/mol. The van der Waals surface area contributed by atoms with Gasteiger partial charge in [0.05, 0.1) is 22.5 Å². The van der Waals surface area contributed by atoms with Crippen molar-refractivity contribution in [1.82, 2.24) is 15.3 Å². The van der Waals surface area contributed by atoms with Crippen LogP contribution >= 0.6 is 0 Å². The van der Waals surface area contributed by atoms with Crippen LogP contribution < -0.4 is 11.1 Å². The number of hydrogen-bond donors (Lipinski definition) is 3. The van der Waals surface area contributed by atoms with Gasteiger partial charge in [-0.25, -0.2) is 0 Å². The molecule has 1 amide bonds. The zero-order chi connectivity index (χ0) is 22.1. The lowest BCUT2D eigenvalue weighted by Crippen LogP contribution is -2.39. The van der Waals surface area contributed by atoms with E-state index >= 15 is 0 Å². The van der Waals surface area contributed by atoms with Gasteiger partial charge in [-0.3, -0.25) is 9.78 Å². The number of aromatic nitrogens is 2. The summed E-state index contributed by atoms with van der Waals surface area (Å²) in [5, 5.41) is 3.12. The second kappa shape index (κ2) is 6.57. The number of fused-ring (bicyclic) bond motifs is 6. The summed E-state index contributed by atoms with van der Waals surface area (Å²) in [4.78, 5) is 21.2. The van der Waals surface area contributed by atoms with E-state index < -0.39 is 5.54 Å². The van der Waals surface area contributed by atoms with Crippen LogP contribution in [0, 0.1) is 11.8 Å². The Balaban J connectivity index is 1.40. The van der Waals surface area contributed by atoms with Crippen LogP contribution in [-0.4, -0.2) is 28.0 Å². The van der Waals surface area contributed by atoms with Crippen LogP contribution in [0.5, 0.6) is 0 Å². The van der Waals surface area contributed by atoms with E-state index in [2.05, 4.69) is 40.3 Å². The number of rotatable bonds is 1. The molecular weight excluding hydrogens is 396 g/mol. The number of carbonyl (C=O) groups excluding carboxylic acids is 1. The molecule has 3 aliphatic rings. The minimum Gasteiger partial charge on any atom is -0.357 e. The molecule has 1 saturated carbocycles. The molecule has 1 fully saturated rings. The number of benzene rings is 1. The van der Waals surface area contributed by atoms with E-state index in [0.29, 0.717) is 0 Å². The maximum Gasteiger partial charge on any atom is 0.253 e. The van der Waals surface area contributed by atoms with Crippen molar-refractivity contribution in [3.8, 4) is 34.4 Å². The summed E-state index contributed by atoms with van der Waals surface area (Å²) in [6.07, 6.45) is 6.06. The molecule has 0 radical (unpaired) electrons. The van der Waals surface area contributed by atoms with Gasteiger partial charge in [0.15, 0.2) is 0 Å². The molecule has 5 heteroatoms. The molecule has 160 valence electrons. The van der Waals surface area contributed by atoms with Gasteiger partial charge in [0.2, 0.25) is 0 Å². The first kappa shape index (κ1) is 19.3. The molecule has 1 aliphatic heterocycles. The molecule has 0 unspecified atom stereocenters. The number of hydrogen-bond acceptors (Lipinski definition) is 3. The molecular formula is C27H26N4O. The van der Waals surface area contributed by atoms with E-state index in [1.165, 1.54) is 16.7 Å². The monoisotopic (exact) mass is 422 g/mol. The van der Waals surface area contributed by atoms with Crippen molar-refractivity contribution >= 4 is 5.91 Å². The predicted octanol–water partition coefficient (Wildman–Crippen LogP) is 3.71. The van der Waals surface area contributed by atoms with Crippen molar-refractivity contribution in [1.29, 1.82) is 0 Å². The van der Waals surface area contributed by atoms with Crippen molar-refractivity contribution < 1.29 is 4.79 Å². The van der Waals surface area contributed by atoms with Crippen LogP contribution in [-0.2, 0) is 18.3 Å². The fraction of sp³-hybridized carbons (Fsp3) is 0.333. The number of amides is 1. The summed E-state index contributed by atoms with van der Waals surface area (Å²) in [6, 6.07) is 10.3. The number of H-pyrrole nitrogens is 1. The van der Waals surface area contributed by atoms with Crippen LogP contribution in [0.3, 0.4) is 0 Å². The summed E-state index contributed by atoms with van der Waals surface area (Å²) >= 11 is 0. The molecule has 0 bridgehead atoms. The lowest BCUT2D eigenvalue weighted by atomic mass is 9.86. The molecule has 4 N–H and O–H groups in total. The molecule has 0 saturated heterocycles. The van der Waals surface area contributed by atoms with E-state index in [4.69, 9.17) is 10.7 Å². The second-order valence-electron chi connectivity index (χ2n) is 9.97. The number of carbonyl (C=O) groups is 1. The van der Waals surface area contributed by atoms with Crippen molar-refractivity contribution in [2.24, 2.45) is 5.73 Å². The second-order valence-corrected chi connectivity index (χ2v) is 9.97. The Morgan fingerprint density at radius 2 is 1.94 bits per heavy atom. The molecule has 1 aromatic carbocycles.